The van der Waals surface area contributed by atoms with Crippen LogP contribution in [0.25, 0.3) is 0 Å². The maximum Gasteiger partial charge on any atom is 0.218 e. The van der Waals surface area contributed by atoms with Gasteiger partial charge in [0.05, 0.1) is 24.0 Å². The Balaban J connectivity index is 1.76. The molecule has 7 nitrogen and oxygen atoms in total. The molecule has 1 fully saturated rings. The smallest absolute Gasteiger partial charge is 0.218 e. The van der Waals surface area contributed by atoms with E-state index < -0.39 is 0 Å². The summed E-state index contributed by atoms with van der Waals surface area (Å²) in [5.41, 5.74) is 0.940. The summed E-state index contributed by atoms with van der Waals surface area (Å²) in [5.74, 6) is -0.124. The second kappa shape index (κ2) is 4.93. The van der Waals surface area contributed by atoms with Gasteiger partial charge in [0.25, 0.3) is 0 Å². The Morgan fingerprint density at radius 1 is 1.47 bits per heavy atom. The molecule has 0 bridgehead atoms. The zero-order chi connectivity index (χ0) is 13.2. The third-order valence-electron chi connectivity index (χ3n) is 3.23. The Labute approximate surface area is 110 Å². The zero-order valence-electron chi connectivity index (χ0n) is 10.8. The van der Waals surface area contributed by atoms with Crippen LogP contribution in [-0.4, -0.2) is 43.6 Å². The van der Waals surface area contributed by atoms with Gasteiger partial charge in [0.15, 0.2) is 5.69 Å². The predicted octanol–water partition coefficient (Wildman–Crippen LogP) is 0.260. The van der Waals surface area contributed by atoms with E-state index in [0.29, 0.717) is 17.3 Å². The molecule has 0 saturated carbocycles. The van der Waals surface area contributed by atoms with Gasteiger partial charge < -0.3 is 5.32 Å². The van der Waals surface area contributed by atoms with Gasteiger partial charge in [0.2, 0.25) is 5.78 Å². The molecule has 2 aromatic rings. The van der Waals surface area contributed by atoms with Crippen molar-refractivity contribution in [1.29, 1.82) is 0 Å². The maximum atomic E-state index is 12.2. The van der Waals surface area contributed by atoms with Crippen LogP contribution in [0.4, 0.5) is 0 Å². The van der Waals surface area contributed by atoms with E-state index in [1.807, 2.05) is 0 Å². The van der Waals surface area contributed by atoms with Crippen LogP contribution in [0.2, 0.25) is 0 Å². The summed E-state index contributed by atoms with van der Waals surface area (Å²) in [5, 5.41) is 15.3. The number of hydrogen-bond acceptors (Lipinski definition) is 5. The minimum absolute atomic E-state index is 0.124. The molecule has 19 heavy (non-hydrogen) atoms. The number of nitrogens with one attached hydrogen (secondary N) is 1. The quantitative estimate of drug-likeness (QED) is 0.780. The Hall–Kier alpha value is -2.02. The molecular formula is C12H16N6O. The van der Waals surface area contributed by atoms with E-state index in [4.69, 9.17) is 0 Å². The van der Waals surface area contributed by atoms with Crippen molar-refractivity contribution in [3.05, 3.63) is 29.8 Å². The van der Waals surface area contributed by atoms with Crippen LogP contribution in [0.15, 0.2) is 18.6 Å². The van der Waals surface area contributed by atoms with Crippen LogP contribution in [0.5, 0.6) is 0 Å². The second-order valence-electron chi connectivity index (χ2n) is 4.72. The van der Waals surface area contributed by atoms with Gasteiger partial charge in [-0.25, -0.2) is 4.68 Å². The summed E-state index contributed by atoms with van der Waals surface area (Å²) in [6.07, 6.45) is 6.04. The van der Waals surface area contributed by atoms with Crippen molar-refractivity contribution in [3.8, 4) is 0 Å². The summed E-state index contributed by atoms with van der Waals surface area (Å²) in [4.78, 5) is 12.2. The number of rotatable bonds is 5. The standard InChI is InChI=1S/C12H16N6O/c1-2-3-17-7-9(4-14-17)12(19)11-8-18(16-15-11)10-5-13-6-10/h4,7-8,10,13H,2-3,5-6H2,1H3. The molecule has 2 aromatic heterocycles. The summed E-state index contributed by atoms with van der Waals surface area (Å²) in [7, 11) is 0. The van der Waals surface area contributed by atoms with Crippen LogP contribution in [0, 0.1) is 0 Å². The van der Waals surface area contributed by atoms with Crippen LogP contribution in [-0.2, 0) is 6.54 Å². The summed E-state index contributed by atoms with van der Waals surface area (Å²) >= 11 is 0. The molecule has 1 aliphatic rings. The average molecular weight is 260 g/mol. The number of nitrogens with zero attached hydrogens (tertiary/aromatic N) is 5. The highest BCUT2D eigenvalue weighted by Gasteiger charge is 2.22. The lowest BCUT2D eigenvalue weighted by molar-refractivity contribution is 0.103. The second-order valence-corrected chi connectivity index (χ2v) is 4.72. The van der Waals surface area contributed by atoms with Crippen molar-refractivity contribution in [1.82, 2.24) is 30.1 Å². The molecule has 7 heteroatoms. The Kier molecular flexibility index (Phi) is 3.12. The third kappa shape index (κ3) is 2.28. The SMILES string of the molecule is CCCn1cc(C(=O)c2cn(C3CNC3)nn2)cn1. The Bertz CT molecular complexity index is 583. The first-order valence-electron chi connectivity index (χ1n) is 6.47. The van der Waals surface area contributed by atoms with Crippen molar-refractivity contribution < 1.29 is 4.79 Å². The lowest BCUT2D eigenvalue weighted by Crippen LogP contribution is -2.43. The highest BCUT2D eigenvalue weighted by atomic mass is 16.1. The van der Waals surface area contributed by atoms with Gasteiger partial charge in [0, 0.05) is 25.8 Å². The van der Waals surface area contributed by atoms with E-state index in [2.05, 4.69) is 27.7 Å². The van der Waals surface area contributed by atoms with Gasteiger partial charge in [-0.2, -0.15) is 5.10 Å². The van der Waals surface area contributed by atoms with Gasteiger partial charge in [-0.1, -0.05) is 12.1 Å². The fourth-order valence-electron chi connectivity index (χ4n) is 2.00. The minimum atomic E-state index is -0.124. The highest BCUT2D eigenvalue weighted by molar-refractivity contribution is 6.07. The zero-order valence-corrected chi connectivity index (χ0v) is 10.8. The molecule has 0 unspecified atom stereocenters. The van der Waals surface area contributed by atoms with Gasteiger partial charge in [0.1, 0.15) is 0 Å². The molecule has 1 N–H and O–H groups in total. The number of aromatic nitrogens is 5. The number of ketones is 1. The summed E-state index contributed by atoms with van der Waals surface area (Å²) in [6.45, 7) is 4.64. The molecule has 3 heterocycles. The first-order chi connectivity index (χ1) is 9.28. The number of carbonyl (C=O) groups is 1. The highest BCUT2D eigenvalue weighted by Crippen LogP contribution is 2.12. The lowest BCUT2D eigenvalue weighted by Gasteiger charge is -2.26. The van der Waals surface area contributed by atoms with E-state index in [1.165, 1.54) is 0 Å². The summed E-state index contributed by atoms with van der Waals surface area (Å²) in [6, 6.07) is 0.317. The van der Waals surface area contributed by atoms with Crippen molar-refractivity contribution in [3.63, 3.8) is 0 Å². The molecular weight excluding hydrogens is 244 g/mol. The van der Waals surface area contributed by atoms with Crippen molar-refractivity contribution in [2.45, 2.75) is 25.9 Å². The first kappa shape index (κ1) is 12.0. The van der Waals surface area contributed by atoms with Crippen LogP contribution in [0.1, 0.15) is 35.4 Å². The summed E-state index contributed by atoms with van der Waals surface area (Å²) < 4.78 is 3.52. The number of carbonyl (C=O) groups excluding carboxylic acids is 1. The predicted molar refractivity (Wildman–Crippen MR) is 67.9 cm³/mol. The van der Waals surface area contributed by atoms with Gasteiger partial charge in [-0.3, -0.25) is 9.48 Å². The normalized spacial score (nSPS) is 15.4. The monoisotopic (exact) mass is 260 g/mol. The van der Waals surface area contributed by atoms with Crippen molar-refractivity contribution in [2.24, 2.45) is 0 Å². The molecule has 1 aliphatic heterocycles. The van der Waals surface area contributed by atoms with E-state index in [1.54, 1.807) is 28.0 Å². The number of aryl methyl sites for hydroxylation is 1. The molecule has 0 aromatic carbocycles. The van der Waals surface area contributed by atoms with E-state index in [-0.39, 0.29) is 5.78 Å². The van der Waals surface area contributed by atoms with Crippen LogP contribution in [0.3, 0.4) is 0 Å². The maximum absolute atomic E-state index is 12.2. The van der Waals surface area contributed by atoms with Crippen molar-refractivity contribution in [2.75, 3.05) is 13.1 Å². The minimum Gasteiger partial charge on any atom is -0.312 e. The van der Waals surface area contributed by atoms with E-state index in [9.17, 15) is 4.79 Å². The molecule has 0 aliphatic carbocycles. The first-order valence-corrected chi connectivity index (χ1v) is 6.47. The Morgan fingerprint density at radius 2 is 2.32 bits per heavy atom. The molecule has 0 amide bonds. The topological polar surface area (TPSA) is 77.6 Å². The fourth-order valence-corrected chi connectivity index (χ4v) is 2.00. The van der Waals surface area contributed by atoms with Gasteiger partial charge in [-0.15, -0.1) is 5.10 Å². The van der Waals surface area contributed by atoms with Gasteiger partial charge >= 0.3 is 0 Å². The third-order valence-corrected chi connectivity index (χ3v) is 3.23. The molecule has 0 atom stereocenters. The Morgan fingerprint density at radius 3 is 3.00 bits per heavy atom. The molecule has 1 saturated heterocycles. The van der Waals surface area contributed by atoms with E-state index in [0.717, 1.165) is 26.1 Å². The molecule has 100 valence electrons. The van der Waals surface area contributed by atoms with Crippen LogP contribution < -0.4 is 5.32 Å². The van der Waals surface area contributed by atoms with E-state index >= 15 is 0 Å². The fraction of sp³-hybridized carbons (Fsp3) is 0.500. The number of hydrogen-bond donors (Lipinski definition) is 1. The molecule has 0 radical (unpaired) electrons. The van der Waals surface area contributed by atoms with Crippen LogP contribution >= 0.6 is 0 Å². The molecule has 0 spiro atoms. The average Bonchev–Trinajstić information content (AvgIpc) is 2.96. The van der Waals surface area contributed by atoms with Crippen molar-refractivity contribution >= 4 is 5.78 Å². The largest absolute Gasteiger partial charge is 0.312 e. The lowest BCUT2D eigenvalue weighted by atomic mass is 10.1. The molecule has 3 rings (SSSR count). The van der Waals surface area contributed by atoms with Gasteiger partial charge in [-0.05, 0) is 6.42 Å².